The summed E-state index contributed by atoms with van der Waals surface area (Å²) in [5.74, 6) is 0.339. The molecule has 0 radical (unpaired) electrons. The minimum absolute atomic E-state index is 0.0183. The van der Waals surface area contributed by atoms with Gasteiger partial charge in [-0.15, -0.1) is 0 Å². The Morgan fingerprint density at radius 1 is 1.19 bits per heavy atom. The average molecular weight is 223 g/mol. The first-order valence-corrected chi connectivity index (χ1v) is 5.55. The Labute approximate surface area is 97.6 Å². The monoisotopic (exact) mass is 223 g/mol. The molecule has 1 aromatic rings. The molecule has 0 saturated carbocycles. The van der Waals surface area contributed by atoms with Gasteiger partial charge in [0.15, 0.2) is 0 Å². The maximum atomic E-state index is 5.72. The molecule has 1 aromatic carbocycles. The zero-order valence-corrected chi connectivity index (χ0v) is 10.3. The van der Waals surface area contributed by atoms with Crippen LogP contribution >= 0.6 is 0 Å². The number of hydrogen-bond donors (Lipinski definition) is 1. The summed E-state index contributed by atoms with van der Waals surface area (Å²) in [7, 11) is 3.38. The van der Waals surface area contributed by atoms with Crippen LogP contribution in [0.3, 0.4) is 0 Å². The maximum Gasteiger partial charge on any atom is 0.106 e. The number of hydrogen-bond acceptors (Lipinski definition) is 3. The van der Waals surface area contributed by atoms with Gasteiger partial charge in [-0.05, 0) is 23.6 Å². The molecule has 90 valence electrons. The Balaban J connectivity index is 3.00. The van der Waals surface area contributed by atoms with E-state index < -0.39 is 0 Å². The topological polar surface area (TPSA) is 44.5 Å². The van der Waals surface area contributed by atoms with Gasteiger partial charge in [0.05, 0.1) is 6.61 Å². The van der Waals surface area contributed by atoms with Crippen molar-refractivity contribution < 1.29 is 9.47 Å². The third kappa shape index (κ3) is 3.04. The molecule has 0 aromatic heterocycles. The molecule has 3 heteroatoms. The van der Waals surface area contributed by atoms with Gasteiger partial charge < -0.3 is 15.2 Å². The summed E-state index contributed by atoms with van der Waals surface area (Å²) in [6, 6.07) is 8.23. The average Bonchev–Trinajstić information content (AvgIpc) is 2.35. The van der Waals surface area contributed by atoms with E-state index in [0.29, 0.717) is 19.1 Å². The maximum absolute atomic E-state index is 5.72. The third-order valence-corrected chi connectivity index (χ3v) is 2.83. The Bertz CT molecular complexity index is 315. The van der Waals surface area contributed by atoms with Gasteiger partial charge in [0.2, 0.25) is 0 Å². The highest BCUT2D eigenvalue weighted by Crippen LogP contribution is 2.26. The SMILES string of the molecule is COCC(OC)c1ccccc1C(C)CN. The first-order valence-electron chi connectivity index (χ1n) is 5.55. The van der Waals surface area contributed by atoms with Gasteiger partial charge in [0.25, 0.3) is 0 Å². The summed E-state index contributed by atoms with van der Waals surface area (Å²) in [6.07, 6.45) is -0.0183. The van der Waals surface area contributed by atoms with Gasteiger partial charge in [0, 0.05) is 14.2 Å². The van der Waals surface area contributed by atoms with Crippen LogP contribution in [0.25, 0.3) is 0 Å². The fourth-order valence-corrected chi connectivity index (χ4v) is 1.82. The highest BCUT2D eigenvalue weighted by atomic mass is 16.5. The Morgan fingerprint density at radius 2 is 1.81 bits per heavy atom. The number of benzene rings is 1. The van der Waals surface area contributed by atoms with Crippen molar-refractivity contribution in [3.63, 3.8) is 0 Å². The van der Waals surface area contributed by atoms with Crippen molar-refractivity contribution in [1.29, 1.82) is 0 Å². The molecule has 2 unspecified atom stereocenters. The van der Waals surface area contributed by atoms with Crippen molar-refractivity contribution >= 4 is 0 Å². The van der Waals surface area contributed by atoms with Crippen molar-refractivity contribution in [3.8, 4) is 0 Å². The van der Waals surface area contributed by atoms with Crippen LogP contribution in [-0.2, 0) is 9.47 Å². The molecule has 0 aliphatic rings. The minimum Gasteiger partial charge on any atom is -0.382 e. The molecule has 0 aliphatic heterocycles. The molecule has 0 fully saturated rings. The molecule has 0 bridgehead atoms. The van der Waals surface area contributed by atoms with Gasteiger partial charge in [0.1, 0.15) is 6.10 Å². The molecule has 16 heavy (non-hydrogen) atoms. The van der Waals surface area contributed by atoms with Crippen molar-refractivity contribution in [2.45, 2.75) is 18.9 Å². The fourth-order valence-electron chi connectivity index (χ4n) is 1.82. The molecule has 0 spiro atoms. The smallest absolute Gasteiger partial charge is 0.106 e. The van der Waals surface area contributed by atoms with E-state index in [1.807, 2.05) is 12.1 Å². The van der Waals surface area contributed by atoms with E-state index in [4.69, 9.17) is 15.2 Å². The molecule has 2 atom stereocenters. The van der Waals surface area contributed by atoms with E-state index in [2.05, 4.69) is 19.1 Å². The van der Waals surface area contributed by atoms with Crippen molar-refractivity contribution in [2.75, 3.05) is 27.4 Å². The number of nitrogens with two attached hydrogens (primary N) is 1. The predicted molar refractivity (Wildman–Crippen MR) is 65.5 cm³/mol. The molecular weight excluding hydrogens is 202 g/mol. The second-order valence-corrected chi connectivity index (χ2v) is 3.95. The van der Waals surface area contributed by atoms with Gasteiger partial charge in [-0.1, -0.05) is 31.2 Å². The van der Waals surface area contributed by atoms with E-state index >= 15 is 0 Å². The van der Waals surface area contributed by atoms with Crippen molar-refractivity contribution in [2.24, 2.45) is 5.73 Å². The molecular formula is C13H21NO2. The Morgan fingerprint density at radius 3 is 2.31 bits per heavy atom. The molecule has 2 N–H and O–H groups in total. The van der Waals surface area contributed by atoms with Crippen LogP contribution in [0.4, 0.5) is 0 Å². The van der Waals surface area contributed by atoms with Crippen molar-refractivity contribution in [3.05, 3.63) is 35.4 Å². The van der Waals surface area contributed by atoms with Gasteiger partial charge >= 0.3 is 0 Å². The van der Waals surface area contributed by atoms with Gasteiger partial charge in [-0.25, -0.2) is 0 Å². The van der Waals surface area contributed by atoms with Crippen LogP contribution < -0.4 is 5.73 Å². The lowest BCUT2D eigenvalue weighted by atomic mass is 9.93. The van der Waals surface area contributed by atoms with Crippen LogP contribution in [0.5, 0.6) is 0 Å². The second kappa shape index (κ2) is 6.63. The number of methoxy groups -OCH3 is 2. The Kier molecular flexibility index (Phi) is 5.46. The van der Waals surface area contributed by atoms with E-state index in [1.54, 1.807) is 14.2 Å². The lowest BCUT2D eigenvalue weighted by Gasteiger charge is -2.21. The molecule has 3 nitrogen and oxygen atoms in total. The lowest BCUT2D eigenvalue weighted by molar-refractivity contribution is 0.0268. The third-order valence-electron chi connectivity index (χ3n) is 2.83. The molecule has 0 saturated heterocycles. The highest BCUT2D eigenvalue weighted by molar-refractivity contribution is 5.32. The summed E-state index contributed by atoms with van der Waals surface area (Å²) in [4.78, 5) is 0. The largest absolute Gasteiger partial charge is 0.382 e. The first-order chi connectivity index (χ1) is 7.74. The first kappa shape index (κ1) is 13.2. The molecule has 0 aliphatic carbocycles. The Hall–Kier alpha value is -0.900. The van der Waals surface area contributed by atoms with E-state index in [0.717, 1.165) is 0 Å². The minimum atomic E-state index is -0.0183. The summed E-state index contributed by atoms with van der Waals surface area (Å²) in [5.41, 5.74) is 8.13. The summed E-state index contributed by atoms with van der Waals surface area (Å²) in [6.45, 7) is 3.32. The highest BCUT2D eigenvalue weighted by Gasteiger charge is 2.16. The van der Waals surface area contributed by atoms with Gasteiger partial charge in [-0.3, -0.25) is 0 Å². The van der Waals surface area contributed by atoms with E-state index in [9.17, 15) is 0 Å². The lowest BCUT2D eigenvalue weighted by Crippen LogP contribution is -2.15. The summed E-state index contributed by atoms with van der Waals surface area (Å²) >= 11 is 0. The standard InChI is InChI=1S/C13H21NO2/c1-10(8-14)11-6-4-5-7-12(11)13(16-3)9-15-2/h4-7,10,13H,8-9,14H2,1-3H3. The second-order valence-electron chi connectivity index (χ2n) is 3.95. The molecule has 0 amide bonds. The predicted octanol–water partition coefficient (Wildman–Crippen LogP) is 2.08. The van der Waals surface area contributed by atoms with Crippen LogP contribution in [0, 0.1) is 0 Å². The molecule has 0 heterocycles. The van der Waals surface area contributed by atoms with Crippen LogP contribution in [0.2, 0.25) is 0 Å². The summed E-state index contributed by atoms with van der Waals surface area (Å²) < 4.78 is 10.6. The van der Waals surface area contributed by atoms with E-state index in [1.165, 1.54) is 11.1 Å². The summed E-state index contributed by atoms with van der Waals surface area (Å²) in [5, 5.41) is 0. The zero-order valence-electron chi connectivity index (χ0n) is 10.3. The fraction of sp³-hybridized carbons (Fsp3) is 0.538. The van der Waals surface area contributed by atoms with Crippen LogP contribution in [-0.4, -0.2) is 27.4 Å². The quantitative estimate of drug-likeness (QED) is 0.803. The number of rotatable bonds is 6. The number of ether oxygens (including phenoxy) is 2. The van der Waals surface area contributed by atoms with E-state index in [-0.39, 0.29) is 6.10 Å². The zero-order chi connectivity index (χ0) is 12.0. The van der Waals surface area contributed by atoms with Crippen LogP contribution in [0.15, 0.2) is 24.3 Å². The van der Waals surface area contributed by atoms with Gasteiger partial charge in [-0.2, -0.15) is 0 Å². The molecule has 1 rings (SSSR count). The van der Waals surface area contributed by atoms with Crippen LogP contribution in [0.1, 0.15) is 30.1 Å². The normalized spacial score (nSPS) is 14.8. The van der Waals surface area contributed by atoms with Crippen molar-refractivity contribution in [1.82, 2.24) is 0 Å².